The molecule has 1 heterocycles. The maximum absolute atomic E-state index is 11.6. The van der Waals surface area contributed by atoms with E-state index in [0.717, 1.165) is 0 Å². The molecule has 0 fully saturated rings. The highest BCUT2D eigenvalue weighted by molar-refractivity contribution is 8.03. The molecule has 0 aromatic rings. The molecular formula is C11H15NO5S. The first-order valence-corrected chi connectivity index (χ1v) is 6.16. The molecule has 1 aliphatic rings. The molecule has 1 aliphatic heterocycles. The first-order chi connectivity index (χ1) is 8.36. The Kier molecular flexibility index (Phi) is 4.77. The summed E-state index contributed by atoms with van der Waals surface area (Å²) in [5.41, 5.74) is -0.293. The second-order valence-electron chi connectivity index (χ2n) is 3.68. The summed E-state index contributed by atoms with van der Waals surface area (Å²) < 4.78 is 9.69. The summed E-state index contributed by atoms with van der Waals surface area (Å²) in [6.45, 7) is 4.47. The van der Waals surface area contributed by atoms with Crippen LogP contribution in [0.15, 0.2) is 10.6 Å². The van der Waals surface area contributed by atoms with Crippen LogP contribution in [0, 0.1) is 0 Å². The molecule has 0 aromatic carbocycles. The number of rotatable bonds is 2. The molecule has 1 atom stereocenters. The highest BCUT2D eigenvalue weighted by Gasteiger charge is 2.33. The summed E-state index contributed by atoms with van der Waals surface area (Å²) in [5, 5.41) is 0. The number of ether oxygens (including phenoxy) is 2. The van der Waals surface area contributed by atoms with Crippen molar-refractivity contribution in [2.75, 3.05) is 13.7 Å². The average Bonchev–Trinajstić information content (AvgIpc) is 2.26. The third kappa shape index (κ3) is 3.25. The first-order valence-electron chi connectivity index (χ1n) is 5.28. The smallest absolute Gasteiger partial charge is 0.355 e. The van der Waals surface area contributed by atoms with Crippen molar-refractivity contribution in [1.29, 1.82) is 0 Å². The van der Waals surface area contributed by atoms with Gasteiger partial charge in [-0.3, -0.25) is 9.59 Å². The Balaban J connectivity index is 3.02. The minimum absolute atomic E-state index is 0.140. The zero-order valence-corrected chi connectivity index (χ0v) is 11.5. The number of carbonyl (C=O) groups excluding carboxylic acids is 3. The molecule has 0 bridgehead atoms. The van der Waals surface area contributed by atoms with Crippen molar-refractivity contribution < 1.29 is 23.9 Å². The normalized spacial score (nSPS) is 19.6. The van der Waals surface area contributed by atoms with Gasteiger partial charge in [0.1, 0.15) is 5.70 Å². The Morgan fingerprint density at radius 1 is 1.33 bits per heavy atom. The van der Waals surface area contributed by atoms with Gasteiger partial charge in [0.2, 0.25) is 5.91 Å². The molecule has 0 radical (unpaired) electrons. The van der Waals surface area contributed by atoms with Crippen LogP contribution in [-0.2, 0) is 23.9 Å². The molecular weight excluding hydrogens is 258 g/mol. The molecule has 0 saturated carbocycles. The van der Waals surface area contributed by atoms with Crippen LogP contribution in [0.1, 0.15) is 20.8 Å². The van der Waals surface area contributed by atoms with Crippen LogP contribution in [0.4, 0.5) is 0 Å². The van der Waals surface area contributed by atoms with E-state index in [0.29, 0.717) is 4.91 Å². The SMILES string of the molecule is COC(=O)C1=C(C)SC(OC(C)=O)CN1C(C)=O. The van der Waals surface area contributed by atoms with Crippen molar-refractivity contribution in [2.45, 2.75) is 26.2 Å². The molecule has 0 N–H and O–H groups in total. The number of carbonyl (C=O) groups is 3. The van der Waals surface area contributed by atoms with Crippen molar-refractivity contribution in [2.24, 2.45) is 0 Å². The molecule has 1 amide bonds. The molecule has 7 heteroatoms. The van der Waals surface area contributed by atoms with Gasteiger partial charge in [0.25, 0.3) is 0 Å². The molecule has 1 rings (SSSR count). The van der Waals surface area contributed by atoms with Crippen LogP contribution in [0.2, 0.25) is 0 Å². The van der Waals surface area contributed by atoms with Crippen molar-refractivity contribution in [3.63, 3.8) is 0 Å². The quantitative estimate of drug-likeness (QED) is 0.695. The van der Waals surface area contributed by atoms with Crippen LogP contribution in [0.25, 0.3) is 0 Å². The van der Waals surface area contributed by atoms with E-state index in [1.807, 2.05) is 0 Å². The Morgan fingerprint density at radius 2 is 1.94 bits per heavy atom. The van der Waals surface area contributed by atoms with Crippen LogP contribution >= 0.6 is 11.8 Å². The molecule has 0 saturated heterocycles. The number of esters is 2. The lowest BCUT2D eigenvalue weighted by Gasteiger charge is -2.32. The van der Waals surface area contributed by atoms with Gasteiger partial charge in [0.05, 0.1) is 13.7 Å². The molecule has 18 heavy (non-hydrogen) atoms. The van der Waals surface area contributed by atoms with E-state index in [9.17, 15) is 14.4 Å². The summed E-state index contributed by atoms with van der Waals surface area (Å²) in [6, 6.07) is 0. The Labute approximate surface area is 109 Å². The number of amides is 1. The number of nitrogens with zero attached hydrogens (tertiary/aromatic N) is 1. The van der Waals surface area contributed by atoms with Crippen LogP contribution in [0.3, 0.4) is 0 Å². The van der Waals surface area contributed by atoms with Crippen molar-refractivity contribution in [3.8, 4) is 0 Å². The number of allylic oxidation sites excluding steroid dienone is 1. The third-order valence-electron chi connectivity index (χ3n) is 2.30. The Hall–Kier alpha value is -1.50. The fourth-order valence-corrected chi connectivity index (χ4v) is 2.71. The van der Waals surface area contributed by atoms with Gasteiger partial charge < -0.3 is 14.4 Å². The lowest BCUT2D eigenvalue weighted by Crippen LogP contribution is -2.42. The molecule has 0 aromatic heterocycles. The van der Waals surface area contributed by atoms with Gasteiger partial charge in [-0.05, 0) is 6.92 Å². The van der Waals surface area contributed by atoms with Crippen molar-refractivity contribution in [1.82, 2.24) is 4.90 Å². The van der Waals surface area contributed by atoms with E-state index in [1.54, 1.807) is 6.92 Å². The molecule has 0 aliphatic carbocycles. The van der Waals surface area contributed by atoms with Gasteiger partial charge in [0.15, 0.2) is 5.44 Å². The number of methoxy groups -OCH3 is 1. The van der Waals surface area contributed by atoms with Gasteiger partial charge in [-0.2, -0.15) is 0 Å². The predicted octanol–water partition coefficient (Wildman–Crippen LogP) is 0.875. The fraction of sp³-hybridized carbons (Fsp3) is 0.545. The highest BCUT2D eigenvalue weighted by atomic mass is 32.2. The standard InChI is InChI=1S/C11H15NO5S/c1-6-10(11(15)16-4)12(7(2)13)5-9(18-6)17-8(3)14/h9H,5H2,1-4H3. The highest BCUT2D eigenvalue weighted by Crippen LogP contribution is 2.33. The summed E-state index contributed by atoms with van der Waals surface area (Å²) in [6.07, 6.45) is 0. The van der Waals surface area contributed by atoms with Gasteiger partial charge in [-0.25, -0.2) is 4.79 Å². The number of hydrogen-bond acceptors (Lipinski definition) is 6. The lowest BCUT2D eigenvalue weighted by molar-refractivity contribution is -0.146. The van der Waals surface area contributed by atoms with E-state index in [1.165, 1.54) is 37.6 Å². The molecule has 6 nitrogen and oxygen atoms in total. The predicted molar refractivity (Wildman–Crippen MR) is 65.2 cm³/mol. The summed E-state index contributed by atoms with van der Waals surface area (Å²) in [5.74, 6) is -1.30. The number of hydrogen-bond donors (Lipinski definition) is 0. The van der Waals surface area contributed by atoms with Gasteiger partial charge in [0, 0.05) is 18.8 Å². The molecule has 0 spiro atoms. The van der Waals surface area contributed by atoms with Gasteiger partial charge in [-0.15, -0.1) is 0 Å². The zero-order valence-electron chi connectivity index (χ0n) is 10.7. The maximum atomic E-state index is 11.6. The monoisotopic (exact) mass is 273 g/mol. The Morgan fingerprint density at radius 3 is 2.39 bits per heavy atom. The first kappa shape index (κ1) is 14.6. The molecule has 1 unspecified atom stereocenters. The van der Waals surface area contributed by atoms with Crippen LogP contribution in [0.5, 0.6) is 0 Å². The minimum atomic E-state index is -0.573. The van der Waals surface area contributed by atoms with E-state index < -0.39 is 17.4 Å². The van der Waals surface area contributed by atoms with E-state index in [2.05, 4.69) is 4.74 Å². The van der Waals surface area contributed by atoms with Crippen molar-refractivity contribution in [3.05, 3.63) is 10.6 Å². The molecule has 100 valence electrons. The topological polar surface area (TPSA) is 72.9 Å². The second-order valence-corrected chi connectivity index (χ2v) is 5.06. The second kappa shape index (κ2) is 5.90. The summed E-state index contributed by atoms with van der Waals surface area (Å²) in [4.78, 5) is 35.9. The Bertz CT molecular complexity index is 418. The van der Waals surface area contributed by atoms with Crippen molar-refractivity contribution >= 4 is 29.6 Å². The van der Waals surface area contributed by atoms with E-state index >= 15 is 0 Å². The minimum Gasteiger partial charge on any atom is -0.464 e. The largest absolute Gasteiger partial charge is 0.464 e. The maximum Gasteiger partial charge on any atom is 0.355 e. The average molecular weight is 273 g/mol. The zero-order chi connectivity index (χ0) is 13.9. The number of thioether (sulfide) groups is 1. The van der Waals surface area contributed by atoms with Crippen LogP contribution in [-0.4, -0.2) is 41.8 Å². The lowest BCUT2D eigenvalue weighted by atomic mass is 10.3. The summed E-state index contributed by atoms with van der Waals surface area (Å²) >= 11 is 1.23. The van der Waals surface area contributed by atoms with E-state index in [-0.39, 0.29) is 18.1 Å². The van der Waals surface area contributed by atoms with Gasteiger partial charge >= 0.3 is 11.9 Å². The van der Waals surface area contributed by atoms with E-state index in [4.69, 9.17) is 4.74 Å². The van der Waals surface area contributed by atoms with Crippen LogP contribution < -0.4 is 0 Å². The summed E-state index contributed by atoms with van der Waals surface area (Å²) in [7, 11) is 1.25. The third-order valence-corrected chi connectivity index (χ3v) is 3.35. The fourth-order valence-electron chi connectivity index (χ4n) is 1.60. The van der Waals surface area contributed by atoms with Gasteiger partial charge in [-0.1, -0.05) is 11.8 Å².